The molecule has 1 aliphatic carbocycles. The summed E-state index contributed by atoms with van der Waals surface area (Å²) in [7, 11) is 0. The zero-order valence-electron chi connectivity index (χ0n) is 9.40. The lowest BCUT2D eigenvalue weighted by molar-refractivity contribution is -0.122. The van der Waals surface area contributed by atoms with Gasteiger partial charge in [0.15, 0.2) is 0 Å². The number of nitrogens with one attached hydrogen (secondary N) is 1. The first kappa shape index (κ1) is 12.1. The lowest BCUT2D eigenvalue weighted by atomic mass is 9.86. The monoisotopic (exact) mass is 254 g/mol. The molecule has 3 N–H and O–H groups in total. The molecule has 1 amide bonds. The van der Waals surface area contributed by atoms with Crippen molar-refractivity contribution in [2.45, 2.75) is 31.7 Å². The van der Waals surface area contributed by atoms with Crippen LogP contribution in [0.4, 0.5) is 5.95 Å². The summed E-state index contributed by atoms with van der Waals surface area (Å²) in [4.78, 5) is 19.2. The number of primary amides is 1. The number of amides is 1. The van der Waals surface area contributed by atoms with Crippen LogP contribution in [-0.2, 0) is 4.79 Å². The Balaban J connectivity index is 1.85. The van der Waals surface area contributed by atoms with Crippen LogP contribution in [0.15, 0.2) is 12.4 Å². The van der Waals surface area contributed by atoms with Crippen molar-refractivity contribution in [2.24, 2.45) is 11.7 Å². The fourth-order valence-electron chi connectivity index (χ4n) is 2.09. The average molecular weight is 255 g/mol. The van der Waals surface area contributed by atoms with Gasteiger partial charge in [-0.3, -0.25) is 4.79 Å². The smallest absolute Gasteiger partial charge is 0.222 e. The van der Waals surface area contributed by atoms with Crippen LogP contribution in [0.3, 0.4) is 0 Å². The molecule has 1 aliphatic rings. The minimum atomic E-state index is -0.189. The first-order valence-corrected chi connectivity index (χ1v) is 6.06. The Morgan fingerprint density at radius 1 is 1.29 bits per heavy atom. The lowest BCUT2D eigenvalue weighted by Crippen LogP contribution is -2.32. The van der Waals surface area contributed by atoms with Gasteiger partial charge in [0.2, 0.25) is 11.9 Å². The molecule has 0 saturated heterocycles. The molecule has 0 aromatic carbocycles. The molecule has 1 heterocycles. The maximum Gasteiger partial charge on any atom is 0.222 e. The number of carbonyl (C=O) groups excluding carboxylic acids is 1. The van der Waals surface area contributed by atoms with Crippen molar-refractivity contribution < 1.29 is 4.79 Å². The van der Waals surface area contributed by atoms with Gasteiger partial charge in [-0.1, -0.05) is 11.6 Å². The van der Waals surface area contributed by atoms with Crippen LogP contribution in [0.2, 0.25) is 5.02 Å². The second-order valence-electron chi connectivity index (χ2n) is 4.32. The van der Waals surface area contributed by atoms with E-state index in [1.165, 1.54) is 0 Å². The first-order chi connectivity index (χ1) is 8.15. The Morgan fingerprint density at radius 3 is 2.41 bits per heavy atom. The standard InChI is InChI=1S/C11H15ClN4O/c12-8-5-14-11(15-6-8)16-9-3-1-7(2-4-9)10(13)17/h5-7,9H,1-4H2,(H2,13,17)(H,14,15,16). The summed E-state index contributed by atoms with van der Waals surface area (Å²) in [6.45, 7) is 0. The second-order valence-corrected chi connectivity index (χ2v) is 4.76. The van der Waals surface area contributed by atoms with Crippen molar-refractivity contribution >= 4 is 23.5 Å². The molecule has 1 aromatic rings. The largest absolute Gasteiger partial charge is 0.369 e. The molecule has 1 aromatic heterocycles. The number of nitrogens with zero attached hydrogens (tertiary/aromatic N) is 2. The Morgan fingerprint density at radius 2 is 1.88 bits per heavy atom. The van der Waals surface area contributed by atoms with Gasteiger partial charge in [0.05, 0.1) is 17.4 Å². The van der Waals surface area contributed by atoms with Crippen molar-refractivity contribution in [1.82, 2.24) is 9.97 Å². The molecule has 17 heavy (non-hydrogen) atoms. The normalized spacial score (nSPS) is 24.3. The summed E-state index contributed by atoms with van der Waals surface area (Å²) in [5.41, 5.74) is 5.28. The summed E-state index contributed by atoms with van der Waals surface area (Å²) in [5.74, 6) is 0.419. The number of aromatic nitrogens is 2. The van der Waals surface area contributed by atoms with E-state index in [1.807, 2.05) is 0 Å². The number of carbonyl (C=O) groups is 1. The van der Waals surface area contributed by atoms with Crippen molar-refractivity contribution in [1.29, 1.82) is 0 Å². The van der Waals surface area contributed by atoms with E-state index in [4.69, 9.17) is 17.3 Å². The molecular formula is C11H15ClN4O. The molecule has 0 unspecified atom stereocenters. The Hall–Kier alpha value is -1.36. The van der Waals surface area contributed by atoms with E-state index in [0.717, 1.165) is 25.7 Å². The number of hydrogen-bond donors (Lipinski definition) is 2. The zero-order valence-corrected chi connectivity index (χ0v) is 10.2. The van der Waals surface area contributed by atoms with Gasteiger partial charge in [0.1, 0.15) is 0 Å². The molecule has 5 nitrogen and oxygen atoms in total. The van der Waals surface area contributed by atoms with Crippen LogP contribution in [0.25, 0.3) is 0 Å². The van der Waals surface area contributed by atoms with E-state index < -0.39 is 0 Å². The van der Waals surface area contributed by atoms with Gasteiger partial charge in [0, 0.05) is 12.0 Å². The molecule has 1 fully saturated rings. The van der Waals surface area contributed by atoms with Crippen molar-refractivity contribution in [2.75, 3.05) is 5.32 Å². The summed E-state index contributed by atoms with van der Waals surface area (Å²) < 4.78 is 0. The number of hydrogen-bond acceptors (Lipinski definition) is 4. The number of rotatable bonds is 3. The number of nitrogens with two attached hydrogens (primary N) is 1. The van der Waals surface area contributed by atoms with Gasteiger partial charge in [-0.05, 0) is 25.7 Å². The number of anilines is 1. The molecule has 1 saturated carbocycles. The SMILES string of the molecule is NC(=O)C1CCC(Nc2ncc(Cl)cn2)CC1. The molecule has 0 aliphatic heterocycles. The van der Waals surface area contributed by atoms with Crippen LogP contribution in [0, 0.1) is 5.92 Å². The summed E-state index contributed by atoms with van der Waals surface area (Å²) in [6.07, 6.45) is 6.62. The highest BCUT2D eigenvalue weighted by Gasteiger charge is 2.24. The maximum absolute atomic E-state index is 11.0. The molecule has 0 atom stereocenters. The predicted octanol–water partition coefficient (Wildman–Crippen LogP) is 1.59. The summed E-state index contributed by atoms with van der Waals surface area (Å²) in [6, 6.07) is 0.312. The highest BCUT2D eigenvalue weighted by atomic mass is 35.5. The van der Waals surface area contributed by atoms with Crippen LogP contribution >= 0.6 is 11.6 Å². The van der Waals surface area contributed by atoms with Gasteiger partial charge < -0.3 is 11.1 Å². The van der Waals surface area contributed by atoms with Crippen LogP contribution in [-0.4, -0.2) is 21.9 Å². The van der Waals surface area contributed by atoms with Gasteiger partial charge >= 0.3 is 0 Å². The van der Waals surface area contributed by atoms with Gasteiger partial charge in [-0.2, -0.15) is 0 Å². The van der Waals surface area contributed by atoms with E-state index in [2.05, 4.69) is 15.3 Å². The lowest BCUT2D eigenvalue weighted by Gasteiger charge is -2.27. The zero-order chi connectivity index (χ0) is 12.3. The van der Waals surface area contributed by atoms with Crippen LogP contribution < -0.4 is 11.1 Å². The molecule has 2 rings (SSSR count). The van der Waals surface area contributed by atoms with Crippen molar-refractivity contribution in [3.05, 3.63) is 17.4 Å². The highest BCUT2D eigenvalue weighted by molar-refractivity contribution is 6.30. The van der Waals surface area contributed by atoms with E-state index in [-0.39, 0.29) is 11.8 Å². The van der Waals surface area contributed by atoms with E-state index in [0.29, 0.717) is 17.0 Å². The molecule has 0 bridgehead atoms. The van der Waals surface area contributed by atoms with Crippen LogP contribution in [0.1, 0.15) is 25.7 Å². The topological polar surface area (TPSA) is 80.9 Å². The minimum Gasteiger partial charge on any atom is -0.369 e. The fraction of sp³-hybridized carbons (Fsp3) is 0.545. The quantitative estimate of drug-likeness (QED) is 0.858. The van der Waals surface area contributed by atoms with Crippen LogP contribution in [0.5, 0.6) is 0 Å². The first-order valence-electron chi connectivity index (χ1n) is 5.68. The molecule has 0 radical (unpaired) electrons. The third-order valence-corrected chi connectivity index (χ3v) is 3.28. The van der Waals surface area contributed by atoms with Gasteiger partial charge in [-0.15, -0.1) is 0 Å². The predicted molar refractivity (Wildman–Crippen MR) is 65.6 cm³/mol. The molecule has 6 heteroatoms. The second kappa shape index (κ2) is 5.31. The number of halogens is 1. The average Bonchev–Trinajstić information content (AvgIpc) is 2.33. The summed E-state index contributed by atoms with van der Waals surface area (Å²) >= 11 is 5.70. The minimum absolute atomic E-state index is 0.0270. The Bertz CT molecular complexity index is 387. The fourth-order valence-corrected chi connectivity index (χ4v) is 2.19. The molecule has 92 valence electrons. The van der Waals surface area contributed by atoms with Gasteiger partial charge in [-0.25, -0.2) is 9.97 Å². The van der Waals surface area contributed by atoms with Crippen molar-refractivity contribution in [3.8, 4) is 0 Å². The van der Waals surface area contributed by atoms with E-state index >= 15 is 0 Å². The maximum atomic E-state index is 11.0. The Kier molecular flexibility index (Phi) is 3.78. The molecular weight excluding hydrogens is 240 g/mol. The van der Waals surface area contributed by atoms with E-state index in [9.17, 15) is 4.79 Å². The van der Waals surface area contributed by atoms with Crippen molar-refractivity contribution in [3.63, 3.8) is 0 Å². The van der Waals surface area contributed by atoms with E-state index in [1.54, 1.807) is 12.4 Å². The third kappa shape index (κ3) is 3.30. The summed E-state index contributed by atoms with van der Waals surface area (Å²) in [5, 5.41) is 3.76. The molecule has 0 spiro atoms. The third-order valence-electron chi connectivity index (χ3n) is 3.08. The van der Waals surface area contributed by atoms with Gasteiger partial charge in [0.25, 0.3) is 0 Å². The highest BCUT2D eigenvalue weighted by Crippen LogP contribution is 2.25. The Labute approximate surface area is 105 Å².